The Morgan fingerprint density at radius 3 is 2.10 bits per heavy atom. The minimum atomic E-state index is -3.68. The third-order valence-corrected chi connectivity index (χ3v) is 6.43. The van der Waals surface area contributed by atoms with Crippen LogP contribution >= 0.6 is 23.2 Å². The summed E-state index contributed by atoms with van der Waals surface area (Å²) in [7, 11) is -3.68. The van der Waals surface area contributed by atoms with Crippen LogP contribution in [0.25, 0.3) is 0 Å². The summed E-state index contributed by atoms with van der Waals surface area (Å²) in [6.07, 6.45) is 0.648. The van der Waals surface area contributed by atoms with Gasteiger partial charge < -0.3 is 5.32 Å². The smallest absolute Gasteiger partial charge is 0.261 e. The van der Waals surface area contributed by atoms with E-state index in [1.54, 1.807) is 42.5 Å². The molecule has 0 aromatic heterocycles. The predicted molar refractivity (Wildman–Crippen MR) is 122 cm³/mol. The Morgan fingerprint density at radius 2 is 1.50 bits per heavy atom. The summed E-state index contributed by atoms with van der Waals surface area (Å²) in [6, 6.07) is 18.5. The summed E-state index contributed by atoms with van der Waals surface area (Å²) >= 11 is 12.1. The van der Waals surface area contributed by atoms with Gasteiger partial charge in [-0.05, 0) is 55.3 Å². The van der Waals surface area contributed by atoms with E-state index in [4.69, 9.17) is 23.2 Å². The highest BCUT2D eigenvalue weighted by atomic mass is 35.5. The number of amides is 1. The standard InChI is InChI=1S/C22H20Cl2N2O3S/c1-15-5-10-17(11-6-15)26-30(28,29)18-12-7-16(8-13-18)9-14-21(27)25-22-19(23)3-2-4-20(22)24/h2-8,10-13,26H,9,14H2,1H3,(H,25,27). The Morgan fingerprint density at radius 1 is 0.900 bits per heavy atom. The molecule has 0 aliphatic heterocycles. The molecule has 0 radical (unpaired) electrons. The highest BCUT2D eigenvalue weighted by Gasteiger charge is 2.14. The summed E-state index contributed by atoms with van der Waals surface area (Å²) < 4.78 is 27.6. The number of rotatable bonds is 7. The average molecular weight is 463 g/mol. The number of para-hydroxylation sites is 1. The van der Waals surface area contributed by atoms with Crippen LogP contribution in [0.2, 0.25) is 10.0 Å². The third kappa shape index (κ3) is 5.75. The zero-order valence-electron chi connectivity index (χ0n) is 16.2. The Bertz CT molecular complexity index is 1130. The molecule has 0 fully saturated rings. The van der Waals surface area contributed by atoms with Gasteiger partial charge in [0.25, 0.3) is 10.0 Å². The van der Waals surface area contributed by atoms with Crippen molar-refractivity contribution < 1.29 is 13.2 Å². The van der Waals surface area contributed by atoms with Crippen molar-refractivity contribution in [2.45, 2.75) is 24.7 Å². The summed E-state index contributed by atoms with van der Waals surface area (Å²) in [6.45, 7) is 1.93. The minimum Gasteiger partial charge on any atom is -0.324 e. The van der Waals surface area contributed by atoms with E-state index in [-0.39, 0.29) is 17.2 Å². The highest BCUT2D eigenvalue weighted by Crippen LogP contribution is 2.30. The lowest BCUT2D eigenvalue weighted by atomic mass is 10.1. The second kappa shape index (κ2) is 9.51. The molecule has 1 amide bonds. The number of nitrogens with one attached hydrogen (secondary N) is 2. The molecule has 0 bridgehead atoms. The molecule has 0 spiro atoms. The maximum absolute atomic E-state index is 12.5. The number of anilines is 2. The monoisotopic (exact) mass is 462 g/mol. The molecular formula is C22H20Cl2N2O3S. The molecule has 0 aliphatic rings. The molecule has 3 aromatic rings. The molecule has 156 valence electrons. The fraction of sp³-hybridized carbons (Fsp3) is 0.136. The Kier molecular flexibility index (Phi) is 7.02. The molecule has 0 saturated carbocycles. The molecule has 0 heterocycles. The topological polar surface area (TPSA) is 75.3 Å². The fourth-order valence-corrected chi connectivity index (χ4v) is 4.30. The van der Waals surface area contributed by atoms with Crippen LogP contribution < -0.4 is 10.0 Å². The van der Waals surface area contributed by atoms with Crippen LogP contribution in [-0.4, -0.2) is 14.3 Å². The fourth-order valence-electron chi connectivity index (χ4n) is 2.75. The lowest BCUT2D eigenvalue weighted by Crippen LogP contribution is -2.14. The summed E-state index contributed by atoms with van der Waals surface area (Å²) in [4.78, 5) is 12.4. The van der Waals surface area contributed by atoms with E-state index >= 15 is 0 Å². The van der Waals surface area contributed by atoms with Crippen molar-refractivity contribution in [3.63, 3.8) is 0 Å². The number of halogens is 2. The number of hydrogen-bond donors (Lipinski definition) is 2. The van der Waals surface area contributed by atoms with Gasteiger partial charge in [-0.15, -0.1) is 0 Å². The SMILES string of the molecule is Cc1ccc(NS(=O)(=O)c2ccc(CCC(=O)Nc3c(Cl)cccc3Cl)cc2)cc1. The first kappa shape index (κ1) is 22.2. The van der Waals surface area contributed by atoms with Crippen LogP contribution in [0.5, 0.6) is 0 Å². The summed E-state index contributed by atoms with van der Waals surface area (Å²) in [5, 5.41) is 3.44. The maximum Gasteiger partial charge on any atom is 0.261 e. The number of hydrogen-bond acceptors (Lipinski definition) is 3. The number of benzene rings is 3. The summed E-state index contributed by atoms with van der Waals surface area (Å²) in [5.41, 5.74) is 2.77. The maximum atomic E-state index is 12.5. The molecule has 8 heteroatoms. The summed E-state index contributed by atoms with van der Waals surface area (Å²) in [5.74, 6) is -0.234. The van der Waals surface area contributed by atoms with Gasteiger partial charge in [-0.2, -0.15) is 0 Å². The van der Waals surface area contributed by atoms with E-state index in [1.165, 1.54) is 12.1 Å². The van der Waals surface area contributed by atoms with Crippen LogP contribution in [0.3, 0.4) is 0 Å². The van der Waals surface area contributed by atoms with Gasteiger partial charge in [0.2, 0.25) is 5.91 Å². The second-order valence-electron chi connectivity index (χ2n) is 6.76. The van der Waals surface area contributed by atoms with E-state index in [2.05, 4.69) is 10.0 Å². The van der Waals surface area contributed by atoms with Crippen molar-refractivity contribution in [3.8, 4) is 0 Å². The van der Waals surface area contributed by atoms with Crippen molar-refractivity contribution >= 4 is 50.5 Å². The Labute approximate surface area is 186 Å². The Balaban J connectivity index is 1.60. The molecular weight excluding hydrogens is 443 g/mol. The van der Waals surface area contributed by atoms with Gasteiger partial charge in [-0.25, -0.2) is 8.42 Å². The molecule has 30 heavy (non-hydrogen) atoms. The Hall–Kier alpha value is -2.54. The molecule has 3 rings (SSSR count). The van der Waals surface area contributed by atoms with Gasteiger partial charge in [-0.1, -0.05) is 59.1 Å². The number of carbonyl (C=O) groups is 1. The highest BCUT2D eigenvalue weighted by molar-refractivity contribution is 7.92. The normalized spacial score (nSPS) is 11.2. The van der Waals surface area contributed by atoms with Crippen LogP contribution in [0, 0.1) is 6.92 Å². The molecule has 3 aromatic carbocycles. The van der Waals surface area contributed by atoms with E-state index in [1.807, 2.05) is 19.1 Å². The molecule has 0 unspecified atom stereocenters. The average Bonchev–Trinajstić information content (AvgIpc) is 2.71. The molecule has 5 nitrogen and oxygen atoms in total. The van der Waals surface area contributed by atoms with Crippen molar-refractivity contribution in [2.75, 3.05) is 10.0 Å². The minimum absolute atomic E-state index is 0.152. The van der Waals surface area contributed by atoms with E-state index in [0.29, 0.717) is 27.8 Å². The van der Waals surface area contributed by atoms with Gasteiger partial charge >= 0.3 is 0 Å². The lowest BCUT2D eigenvalue weighted by molar-refractivity contribution is -0.116. The van der Waals surface area contributed by atoms with Crippen molar-refractivity contribution in [2.24, 2.45) is 0 Å². The molecule has 0 saturated heterocycles. The van der Waals surface area contributed by atoms with Gasteiger partial charge in [0.05, 0.1) is 20.6 Å². The number of carbonyl (C=O) groups excluding carboxylic acids is 1. The van der Waals surface area contributed by atoms with Crippen molar-refractivity contribution in [1.29, 1.82) is 0 Å². The van der Waals surface area contributed by atoms with E-state index < -0.39 is 10.0 Å². The first-order valence-corrected chi connectivity index (χ1v) is 11.4. The zero-order valence-corrected chi connectivity index (χ0v) is 18.5. The van der Waals surface area contributed by atoms with Gasteiger partial charge in [-0.3, -0.25) is 9.52 Å². The van der Waals surface area contributed by atoms with Gasteiger partial charge in [0.1, 0.15) is 0 Å². The molecule has 0 atom stereocenters. The largest absolute Gasteiger partial charge is 0.324 e. The number of sulfonamides is 1. The van der Waals surface area contributed by atoms with Crippen LogP contribution in [0.1, 0.15) is 17.5 Å². The van der Waals surface area contributed by atoms with Crippen LogP contribution in [0.4, 0.5) is 11.4 Å². The first-order valence-electron chi connectivity index (χ1n) is 9.17. The second-order valence-corrected chi connectivity index (χ2v) is 9.26. The van der Waals surface area contributed by atoms with Crippen LogP contribution in [0.15, 0.2) is 71.6 Å². The van der Waals surface area contributed by atoms with Gasteiger partial charge in [0.15, 0.2) is 0 Å². The lowest BCUT2D eigenvalue weighted by Gasteiger charge is -2.10. The predicted octanol–water partition coefficient (Wildman–Crippen LogP) is 5.67. The molecule has 2 N–H and O–H groups in total. The zero-order chi connectivity index (χ0) is 21.7. The quantitative estimate of drug-likeness (QED) is 0.474. The van der Waals surface area contributed by atoms with E-state index in [0.717, 1.165) is 11.1 Å². The van der Waals surface area contributed by atoms with E-state index in [9.17, 15) is 13.2 Å². The van der Waals surface area contributed by atoms with Crippen LogP contribution in [-0.2, 0) is 21.2 Å². The molecule has 0 aliphatic carbocycles. The van der Waals surface area contributed by atoms with Gasteiger partial charge in [0, 0.05) is 12.1 Å². The van der Waals surface area contributed by atoms with Crippen molar-refractivity contribution in [3.05, 3.63) is 87.9 Å². The third-order valence-electron chi connectivity index (χ3n) is 4.41. The number of aryl methyl sites for hydroxylation is 2. The van der Waals surface area contributed by atoms with Crippen molar-refractivity contribution in [1.82, 2.24) is 0 Å². The first-order chi connectivity index (χ1) is 14.2.